The van der Waals surface area contributed by atoms with Crippen LogP contribution in [-0.4, -0.2) is 41.1 Å². The van der Waals surface area contributed by atoms with Crippen LogP contribution in [-0.2, 0) is 21.2 Å². The first-order valence-corrected chi connectivity index (χ1v) is 13.0. The van der Waals surface area contributed by atoms with Crippen LogP contribution in [0.25, 0.3) is 0 Å². The number of nitrogens with one attached hydrogen (secondary N) is 1. The van der Waals surface area contributed by atoms with E-state index in [1.807, 2.05) is 44.2 Å². The van der Waals surface area contributed by atoms with E-state index >= 15 is 0 Å². The number of methoxy groups -OCH3 is 1. The van der Waals surface area contributed by atoms with E-state index in [1.165, 1.54) is 19.2 Å². The minimum absolute atomic E-state index is 0.101. The van der Waals surface area contributed by atoms with E-state index in [9.17, 15) is 13.2 Å². The maximum atomic E-state index is 13.5. The van der Waals surface area contributed by atoms with Crippen molar-refractivity contribution in [3.05, 3.63) is 83.9 Å². The van der Waals surface area contributed by atoms with Gasteiger partial charge in [-0.05, 0) is 68.1 Å². The Bertz CT molecular complexity index is 1230. The molecule has 7 nitrogen and oxygen atoms in total. The van der Waals surface area contributed by atoms with Gasteiger partial charge in [-0.2, -0.15) is 0 Å². The maximum absolute atomic E-state index is 13.5. The number of nitrogens with zero attached hydrogens (tertiary/aromatic N) is 1. The minimum Gasteiger partial charge on any atom is -0.495 e. The van der Waals surface area contributed by atoms with Gasteiger partial charge >= 0.3 is 0 Å². The molecule has 0 heterocycles. The lowest BCUT2D eigenvalue weighted by molar-refractivity contribution is -0.119. The van der Waals surface area contributed by atoms with Crippen molar-refractivity contribution in [1.82, 2.24) is 5.32 Å². The molecule has 0 radical (unpaired) electrons. The second-order valence-electron chi connectivity index (χ2n) is 7.99. The van der Waals surface area contributed by atoms with Crippen molar-refractivity contribution in [3.63, 3.8) is 0 Å². The molecule has 3 aromatic rings. The summed E-state index contributed by atoms with van der Waals surface area (Å²) in [6.45, 7) is 4.42. The molecule has 0 spiro atoms. The Kier molecular flexibility index (Phi) is 9.14. The zero-order valence-corrected chi connectivity index (χ0v) is 21.2. The van der Waals surface area contributed by atoms with Crippen molar-refractivity contribution in [2.75, 3.05) is 31.1 Å². The molecule has 35 heavy (non-hydrogen) atoms. The molecule has 1 amide bonds. The predicted octanol–water partition coefficient (Wildman–Crippen LogP) is 4.35. The largest absolute Gasteiger partial charge is 0.495 e. The fraction of sp³-hybridized carbons (Fsp3) is 0.296. The standard InChI is InChI=1S/C27H32N2O5S/c1-4-34-25-15-9-8-11-22(25)12-10-18-28-27(30)20-29(24-19-21(2)16-17-26(24)33-3)35(31,32)23-13-6-5-7-14-23/h5-9,11,13-17,19H,4,10,12,18,20H2,1-3H3,(H,28,30). The van der Waals surface area contributed by atoms with Gasteiger partial charge in [0.05, 0.1) is 24.3 Å². The predicted molar refractivity (Wildman–Crippen MR) is 138 cm³/mol. The number of hydrogen-bond acceptors (Lipinski definition) is 5. The number of hydrogen-bond donors (Lipinski definition) is 1. The van der Waals surface area contributed by atoms with E-state index in [4.69, 9.17) is 9.47 Å². The van der Waals surface area contributed by atoms with Crippen molar-refractivity contribution in [3.8, 4) is 11.5 Å². The van der Waals surface area contributed by atoms with Gasteiger partial charge in [-0.25, -0.2) is 8.42 Å². The van der Waals surface area contributed by atoms with Gasteiger partial charge < -0.3 is 14.8 Å². The van der Waals surface area contributed by atoms with Crippen LogP contribution >= 0.6 is 0 Å². The number of amides is 1. The fourth-order valence-corrected chi connectivity index (χ4v) is 5.16. The second kappa shape index (κ2) is 12.3. The summed E-state index contributed by atoms with van der Waals surface area (Å²) in [4.78, 5) is 13.0. The van der Waals surface area contributed by atoms with E-state index in [1.54, 1.807) is 30.3 Å². The minimum atomic E-state index is -4.01. The van der Waals surface area contributed by atoms with E-state index in [0.717, 1.165) is 27.6 Å². The summed E-state index contributed by atoms with van der Waals surface area (Å²) in [6, 6.07) is 21.1. The van der Waals surface area contributed by atoms with Crippen LogP contribution in [0.15, 0.2) is 77.7 Å². The number of sulfonamides is 1. The number of aryl methyl sites for hydroxylation is 2. The van der Waals surface area contributed by atoms with E-state index in [-0.39, 0.29) is 11.4 Å². The van der Waals surface area contributed by atoms with Crippen LogP contribution in [0.3, 0.4) is 0 Å². The number of rotatable bonds is 12. The van der Waals surface area contributed by atoms with Crippen molar-refractivity contribution >= 4 is 21.6 Å². The fourth-order valence-electron chi connectivity index (χ4n) is 3.71. The number of benzene rings is 3. The molecule has 8 heteroatoms. The molecule has 0 fully saturated rings. The Balaban J connectivity index is 1.75. The third-order valence-corrected chi connectivity index (χ3v) is 7.21. The molecule has 0 aliphatic carbocycles. The van der Waals surface area contributed by atoms with Crippen molar-refractivity contribution in [1.29, 1.82) is 0 Å². The molecule has 0 bridgehead atoms. The number of para-hydroxylation sites is 1. The highest BCUT2D eigenvalue weighted by molar-refractivity contribution is 7.92. The third-order valence-electron chi connectivity index (χ3n) is 5.44. The lowest BCUT2D eigenvalue weighted by Crippen LogP contribution is -2.41. The SMILES string of the molecule is CCOc1ccccc1CCCNC(=O)CN(c1cc(C)ccc1OC)S(=O)(=O)c1ccccc1. The first-order valence-electron chi connectivity index (χ1n) is 11.6. The Labute approximate surface area is 207 Å². The van der Waals surface area contributed by atoms with Crippen LogP contribution < -0.4 is 19.1 Å². The molecule has 3 rings (SSSR count). The lowest BCUT2D eigenvalue weighted by atomic mass is 10.1. The Morgan fingerprint density at radius 2 is 1.69 bits per heavy atom. The highest BCUT2D eigenvalue weighted by atomic mass is 32.2. The summed E-state index contributed by atoms with van der Waals surface area (Å²) >= 11 is 0. The monoisotopic (exact) mass is 496 g/mol. The van der Waals surface area contributed by atoms with Gasteiger partial charge in [-0.15, -0.1) is 0 Å². The second-order valence-corrected chi connectivity index (χ2v) is 9.86. The van der Waals surface area contributed by atoms with Crippen LogP contribution in [0, 0.1) is 6.92 Å². The summed E-state index contributed by atoms with van der Waals surface area (Å²) in [7, 11) is -2.53. The Hall–Kier alpha value is -3.52. The molecule has 0 atom stereocenters. The molecule has 0 saturated carbocycles. The first-order chi connectivity index (χ1) is 16.9. The van der Waals surface area contributed by atoms with Crippen molar-refractivity contribution < 1.29 is 22.7 Å². The topological polar surface area (TPSA) is 84.9 Å². The van der Waals surface area contributed by atoms with Gasteiger partial charge in [0.25, 0.3) is 10.0 Å². The van der Waals surface area contributed by atoms with Gasteiger partial charge in [-0.3, -0.25) is 9.10 Å². The molecule has 0 saturated heterocycles. The van der Waals surface area contributed by atoms with Gasteiger partial charge in [0.15, 0.2) is 0 Å². The summed E-state index contributed by atoms with van der Waals surface area (Å²) in [5.74, 6) is 0.814. The molecule has 3 aromatic carbocycles. The van der Waals surface area contributed by atoms with E-state index < -0.39 is 15.9 Å². The van der Waals surface area contributed by atoms with Gasteiger partial charge in [0.2, 0.25) is 5.91 Å². The number of anilines is 1. The number of ether oxygens (including phenoxy) is 2. The average molecular weight is 497 g/mol. The third kappa shape index (κ3) is 6.76. The van der Waals surface area contributed by atoms with Crippen LogP contribution in [0.4, 0.5) is 5.69 Å². The average Bonchev–Trinajstić information content (AvgIpc) is 2.86. The number of carbonyl (C=O) groups is 1. The van der Waals surface area contributed by atoms with Gasteiger partial charge in [0.1, 0.15) is 18.0 Å². The molecule has 186 valence electrons. The van der Waals surface area contributed by atoms with E-state index in [2.05, 4.69) is 5.32 Å². The van der Waals surface area contributed by atoms with Crippen LogP contribution in [0.5, 0.6) is 11.5 Å². The van der Waals surface area contributed by atoms with Crippen molar-refractivity contribution in [2.24, 2.45) is 0 Å². The molecule has 0 unspecified atom stereocenters. The van der Waals surface area contributed by atoms with Gasteiger partial charge in [0, 0.05) is 6.54 Å². The maximum Gasteiger partial charge on any atom is 0.264 e. The van der Waals surface area contributed by atoms with Crippen molar-refractivity contribution in [2.45, 2.75) is 31.6 Å². The van der Waals surface area contributed by atoms with Gasteiger partial charge in [-0.1, -0.05) is 42.5 Å². The molecule has 0 aliphatic rings. The molecule has 1 N–H and O–H groups in total. The molecular weight excluding hydrogens is 464 g/mol. The zero-order valence-electron chi connectivity index (χ0n) is 20.4. The highest BCUT2D eigenvalue weighted by Crippen LogP contribution is 2.33. The molecular formula is C27H32N2O5S. The van der Waals surface area contributed by atoms with Crippen LogP contribution in [0.2, 0.25) is 0 Å². The highest BCUT2D eigenvalue weighted by Gasteiger charge is 2.29. The normalized spacial score (nSPS) is 11.1. The van der Waals surface area contributed by atoms with Crippen LogP contribution in [0.1, 0.15) is 24.5 Å². The molecule has 0 aromatic heterocycles. The quantitative estimate of drug-likeness (QED) is 0.377. The Morgan fingerprint density at radius 3 is 2.40 bits per heavy atom. The smallest absolute Gasteiger partial charge is 0.264 e. The summed E-state index contributed by atoms with van der Waals surface area (Å²) in [5.41, 5.74) is 2.24. The lowest BCUT2D eigenvalue weighted by Gasteiger charge is -2.26. The Morgan fingerprint density at radius 1 is 0.971 bits per heavy atom. The first kappa shape index (κ1) is 26.1. The molecule has 0 aliphatic heterocycles. The summed E-state index contributed by atoms with van der Waals surface area (Å²) < 4.78 is 39.3. The van der Waals surface area contributed by atoms with E-state index in [0.29, 0.717) is 31.0 Å². The summed E-state index contributed by atoms with van der Waals surface area (Å²) in [6.07, 6.45) is 1.42. The zero-order chi connectivity index (χ0) is 25.3. The number of carbonyl (C=O) groups excluding carboxylic acids is 1. The summed E-state index contributed by atoms with van der Waals surface area (Å²) in [5, 5.41) is 2.85.